The summed E-state index contributed by atoms with van der Waals surface area (Å²) in [6.07, 6.45) is 3.11. The zero-order valence-corrected chi connectivity index (χ0v) is 17.3. The van der Waals surface area contributed by atoms with E-state index in [1.54, 1.807) is 7.05 Å². The molecule has 1 aromatic carbocycles. The number of halogens is 1. The van der Waals surface area contributed by atoms with E-state index in [0.717, 1.165) is 34.5 Å². The summed E-state index contributed by atoms with van der Waals surface area (Å²) in [7, 11) is 3.15. The maximum atomic E-state index is 12.8. The van der Waals surface area contributed by atoms with Gasteiger partial charge in [-0.15, -0.1) is 0 Å². The first kappa shape index (κ1) is 19.8. The van der Waals surface area contributed by atoms with Gasteiger partial charge in [0.15, 0.2) is 16.3 Å². The van der Waals surface area contributed by atoms with Gasteiger partial charge in [-0.3, -0.25) is 13.9 Å². The van der Waals surface area contributed by atoms with Crippen LogP contribution in [-0.4, -0.2) is 18.7 Å². The molecule has 0 aliphatic rings. The Labute approximate surface area is 166 Å². The molecular formula is C19H23ClN4O2S. The molecule has 0 radical (unpaired) electrons. The van der Waals surface area contributed by atoms with Crippen molar-refractivity contribution in [1.82, 2.24) is 18.7 Å². The summed E-state index contributed by atoms with van der Waals surface area (Å²) in [6, 6.07) is 7.69. The predicted molar refractivity (Wildman–Crippen MR) is 111 cm³/mol. The molecule has 27 heavy (non-hydrogen) atoms. The Bertz CT molecular complexity index is 1080. The van der Waals surface area contributed by atoms with Crippen LogP contribution < -0.4 is 11.2 Å². The zero-order valence-electron chi connectivity index (χ0n) is 15.7. The van der Waals surface area contributed by atoms with Crippen LogP contribution in [0.15, 0.2) is 39.0 Å². The molecule has 0 unspecified atom stereocenters. The van der Waals surface area contributed by atoms with E-state index in [1.807, 2.05) is 28.8 Å². The molecule has 0 saturated heterocycles. The standard InChI is InChI=1S/C19H23ClN4O2S/c1-4-5-8-11-24-15-16(22(2)19(26)23(3)17(15)25)21-18(24)27-12-13-9-6-7-10-14(13)20/h6-7,9-10H,4-5,8,11-12H2,1-3H3. The highest BCUT2D eigenvalue weighted by molar-refractivity contribution is 7.98. The average molecular weight is 407 g/mol. The van der Waals surface area contributed by atoms with E-state index in [4.69, 9.17) is 11.6 Å². The molecule has 0 bridgehead atoms. The molecule has 0 aliphatic carbocycles. The number of hydrogen-bond acceptors (Lipinski definition) is 4. The second-order valence-electron chi connectivity index (χ2n) is 6.51. The highest BCUT2D eigenvalue weighted by Crippen LogP contribution is 2.28. The van der Waals surface area contributed by atoms with E-state index in [-0.39, 0.29) is 11.2 Å². The lowest BCUT2D eigenvalue weighted by Crippen LogP contribution is -2.37. The van der Waals surface area contributed by atoms with Crippen LogP contribution in [0.3, 0.4) is 0 Å². The number of fused-ring (bicyclic) bond motifs is 1. The maximum absolute atomic E-state index is 12.8. The van der Waals surface area contributed by atoms with Crippen molar-refractivity contribution < 1.29 is 0 Å². The van der Waals surface area contributed by atoms with Crippen LogP contribution >= 0.6 is 23.4 Å². The molecule has 6 nitrogen and oxygen atoms in total. The molecule has 2 aromatic heterocycles. The average Bonchev–Trinajstić information content (AvgIpc) is 3.03. The van der Waals surface area contributed by atoms with Crippen molar-refractivity contribution in [3.63, 3.8) is 0 Å². The predicted octanol–water partition coefficient (Wildman–Crippen LogP) is 3.57. The lowest BCUT2D eigenvalue weighted by atomic mass is 10.2. The van der Waals surface area contributed by atoms with Crippen LogP contribution in [0, 0.1) is 0 Å². The number of thioether (sulfide) groups is 1. The summed E-state index contributed by atoms with van der Waals surface area (Å²) in [4.78, 5) is 29.6. The number of imidazole rings is 1. The lowest BCUT2D eigenvalue weighted by Gasteiger charge is -2.09. The van der Waals surface area contributed by atoms with Crippen molar-refractivity contribution in [1.29, 1.82) is 0 Å². The highest BCUT2D eigenvalue weighted by Gasteiger charge is 2.19. The van der Waals surface area contributed by atoms with E-state index < -0.39 is 0 Å². The van der Waals surface area contributed by atoms with Gasteiger partial charge in [0.1, 0.15) is 0 Å². The third-order valence-corrected chi connectivity index (χ3v) is 6.01. The van der Waals surface area contributed by atoms with Crippen molar-refractivity contribution >= 4 is 34.5 Å². The summed E-state index contributed by atoms with van der Waals surface area (Å²) in [5.41, 5.74) is 1.26. The molecule has 2 heterocycles. The van der Waals surface area contributed by atoms with E-state index in [2.05, 4.69) is 11.9 Å². The topological polar surface area (TPSA) is 61.8 Å². The molecule has 0 saturated carbocycles. The largest absolute Gasteiger partial charge is 0.332 e. The third-order valence-electron chi connectivity index (χ3n) is 4.61. The Hall–Kier alpha value is -1.99. The van der Waals surface area contributed by atoms with E-state index in [0.29, 0.717) is 28.5 Å². The first-order valence-corrected chi connectivity index (χ1v) is 10.3. The first-order valence-electron chi connectivity index (χ1n) is 8.98. The number of rotatable bonds is 7. The van der Waals surface area contributed by atoms with Crippen molar-refractivity contribution in [3.8, 4) is 0 Å². The highest BCUT2D eigenvalue weighted by atomic mass is 35.5. The minimum absolute atomic E-state index is 0.304. The Balaban J connectivity index is 2.07. The molecule has 3 aromatic rings. The molecule has 0 atom stereocenters. The summed E-state index contributed by atoms with van der Waals surface area (Å²) in [5.74, 6) is 0.644. The molecule has 3 rings (SSSR count). The first-order chi connectivity index (χ1) is 13.0. The van der Waals surface area contributed by atoms with Gasteiger partial charge in [-0.05, 0) is 18.1 Å². The van der Waals surface area contributed by atoms with Gasteiger partial charge in [-0.1, -0.05) is 61.3 Å². The van der Waals surface area contributed by atoms with Crippen molar-refractivity contribution in [2.24, 2.45) is 14.1 Å². The van der Waals surface area contributed by atoms with Gasteiger partial charge in [0, 0.05) is 31.4 Å². The van der Waals surface area contributed by atoms with E-state index >= 15 is 0 Å². The molecule has 0 amide bonds. The fourth-order valence-corrected chi connectivity index (χ4v) is 4.33. The Kier molecular flexibility index (Phi) is 6.11. The molecule has 0 fully saturated rings. The van der Waals surface area contributed by atoms with Gasteiger partial charge in [0.05, 0.1) is 0 Å². The van der Waals surface area contributed by atoms with Crippen LogP contribution in [0.4, 0.5) is 0 Å². The number of unbranched alkanes of at least 4 members (excludes halogenated alkanes) is 2. The van der Waals surface area contributed by atoms with Crippen LogP contribution in [-0.2, 0) is 26.4 Å². The van der Waals surface area contributed by atoms with Gasteiger partial charge in [-0.25, -0.2) is 9.78 Å². The number of aryl methyl sites for hydroxylation is 2. The SMILES string of the molecule is CCCCCn1c(SCc2ccccc2Cl)nc2c1c(=O)n(C)c(=O)n2C. The Morgan fingerprint density at radius 2 is 1.85 bits per heavy atom. The van der Waals surface area contributed by atoms with Crippen molar-refractivity contribution in [3.05, 3.63) is 55.7 Å². The van der Waals surface area contributed by atoms with E-state index in [1.165, 1.54) is 23.4 Å². The van der Waals surface area contributed by atoms with Gasteiger partial charge < -0.3 is 4.57 Å². The summed E-state index contributed by atoms with van der Waals surface area (Å²) in [6.45, 7) is 2.84. The summed E-state index contributed by atoms with van der Waals surface area (Å²) >= 11 is 7.80. The normalized spacial score (nSPS) is 11.4. The molecule has 8 heteroatoms. The monoisotopic (exact) mass is 406 g/mol. The maximum Gasteiger partial charge on any atom is 0.332 e. The zero-order chi connectivity index (χ0) is 19.6. The summed E-state index contributed by atoms with van der Waals surface area (Å²) < 4.78 is 4.53. The van der Waals surface area contributed by atoms with Crippen LogP contribution in [0.5, 0.6) is 0 Å². The van der Waals surface area contributed by atoms with Crippen LogP contribution in [0.2, 0.25) is 5.02 Å². The molecule has 0 spiro atoms. The van der Waals surface area contributed by atoms with E-state index in [9.17, 15) is 9.59 Å². The Morgan fingerprint density at radius 3 is 2.56 bits per heavy atom. The Morgan fingerprint density at radius 1 is 1.11 bits per heavy atom. The second kappa shape index (κ2) is 8.35. The minimum Gasteiger partial charge on any atom is -0.313 e. The molecular weight excluding hydrogens is 384 g/mol. The fraction of sp³-hybridized carbons (Fsp3) is 0.421. The number of nitrogens with zero attached hydrogens (tertiary/aromatic N) is 4. The van der Waals surface area contributed by atoms with Crippen molar-refractivity contribution in [2.45, 2.75) is 43.6 Å². The minimum atomic E-state index is -0.367. The number of benzene rings is 1. The lowest BCUT2D eigenvalue weighted by molar-refractivity contribution is 0.576. The molecule has 0 aliphatic heterocycles. The third kappa shape index (κ3) is 3.84. The van der Waals surface area contributed by atoms with Crippen LogP contribution in [0.25, 0.3) is 11.2 Å². The number of aromatic nitrogens is 4. The molecule has 0 N–H and O–H groups in total. The second-order valence-corrected chi connectivity index (χ2v) is 7.86. The van der Waals surface area contributed by atoms with Gasteiger partial charge in [0.2, 0.25) is 0 Å². The summed E-state index contributed by atoms with van der Waals surface area (Å²) in [5, 5.41) is 1.45. The number of hydrogen-bond donors (Lipinski definition) is 0. The van der Waals surface area contributed by atoms with Gasteiger partial charge in [0.25, 0.3) is 5.56 Å². The van der Waals surface area contributed by atoms with Gasteiger partial charge >= 0.3 is 5.69 Å². The van der Waals surface area contributed by atoms with Gasteiger partial charge in [-0.2, -0.15) is 0 Å². The van der Waals surface area contributed by atoms with Crippen molar-refractivity contribution in [2.75, 3.05) is 0 Å². The smallest absolute Gasteiger partial charge is 0.313 e. The van der Waals surface area contributed by atoms with Crippen LogP contribution in [0.1, 0.15) is 31.7 Å². The quantitative estimate of drug-likeness (QED) is 0.444. The fourth-order valence-electron chi connectivity index (χ4n) is 3.02. The molecule has 144 valence electrons.